The normalized spacial score (nSPS) is 13.0. The van der Waals surface area contributed by atoms with Crippen LogP contribution in [-0.2, 0) is 24.3 Å². The van der Waals surface area contributed by atoms with E-state index >= 15 is 8.78 Å². The van der Waals surface area contributed by atoms with Crippen LogP contribution >= 0.6 is 0 Å². The number of pyridine rings is 1. The monoisotopic (exact) mass is 605 g/mol. The van der Waals surface area contributed by atoms with E-state index in [0.717, 1.165) is 31.0 Å². The molecule has 0 aliphatic heterocycles. The number of rotatable bonds is 11. The van der Waals surface area contributed by atoms with Gasteiger partial charge in [-0.3, -0.25) is 0 Å². The maximum Gasteiger partial charge on any atom is 0.335 e. The largest absolute Gasteiger partial charge is 0.478 e. The minimum absolute atomic E-state index is 0.0119. The molecule has 2 heterocycles. The number of ether oxygens (including phenoxy) is 2. The zero-order chi connectivity index (χ0) is 31.0. The average molecular weight is 606 g/mol. The molecule has 11 heteroatoms. The molecular weight excluding hydrogens is 578 g/mol. The van der Waals surface area contributed by atoms with E-state index in [2.05, 4.69) is 9.97 Å². The molecule has 0 bridgehead atoms. The summed E-state index contributed by atoms with van der Waals surface area (Å²) in [6.45, 7) is 2.13. The summed E-state index contributed by atoms with van der Waals surface area (Å²) >= 11 is 0. The van der Waals surface area contributed by atoms with Crippen LogP contribution in [0.15, 0.2) is 60.7 Å². The first-order valence-corrected chi connectivity index (χ1v) is 14.0. The van der Waals surface area contributed by atoms with E-state index in [-0.39, 0.29) is 47.1 Å². The Morgan fingerprint density at radius 1 is 0.909 bits per heavy atom. The van der Waals surface area contributed by atoms with Gasteiger partial charge in [0.1, 0.15) is 29.9 Å². The van der Waals surface area contributed by atoms with Crippen LogP contribution in [0.3, 0.4) is 0 Å². The van der Waals surface area contributed by atoms with Gasteiger partial charge >= 0.3 is 5.97 Å². The zero-order valence-electron chi connectivity index (χ0n) is 23.6. The fraction of sp³-hybridized carbons (Fsp3) is 0.242. The SMILES string of the molecule is Cc1ccc(COc2nc(-c3cc(F)c(Cc4nc5ccc(C(=O)O)cc5n4CCOC4CC4)cc3F)ccc2F)c(F)c1. The van der Waals surface area contributed by atoms with Crippen LogP contribution in [-0.4, -0.2) is 38.3 Å². The predicted molar refractivity (Wildman–Crippen MR) is 153 cm³/mol. The summed E-state index contributed by atoms with van der Waals surface area (Å²) in [5.41, 5.74) is 1.77. The number of benzene rings is 3. The Hall–Kier alpha value is -4.77. The van der Waals surface area contributed by atoms with Gasteiger partial charge in [-0.15, -0.1) is 0 Å². The molecule has 2 aromatic heterocycles. The third-order valence-corrected chi connectivity index (χ3v) is 7.41. The number of aromatic carboxylic acids is 1. The van der Waals surface area contributed by atoms with E-state index in [1.165, 1.54) is 30.3 Å². The number of imidazole rings is 1. The fourth-order valence-corrected chi connectivity index (χ4v) is 4.92. The van der Waals surface area contributed by atoms with Gasteiger partial charge in [-0.1, -0.05) is 12.1 Å². The van der Waals surface area contributed by atoms with E-state index in [1.54, 1.807) is 23.6 Å². The van der Waals surface area contributed by atoms with Gasteiger partial charge in [-0.2, -0.15) is 0 Å². The molecule has 1 aliphatic rings. The molecule has 44 heavy (non-hydrogen) atoms. The summed E-state index contributed by atoms with van der Waals surface area (Å²) in [6.07, 6.45) is 2.09. The van der Waals surface area contributed by atoms with Crippen LogP contribution in [0.4, 0.5) is 17.6 Å². The lowest BCUT2D eigenvalue weighted by Gasteiger charge is -2.12. The van der Waals surface area contributed by atoms with Gasteiger partial charge in [0.2, 0.25) is 0 Å². The number of nitrogens with zero attached hydrogens (tertiary/aromatic N) is 3. The van der Waals surface area contributed by atoms with Crippen molar-refractivity contribution in [2.75, 3.05) is 6.61 Å². The summed E-state index contributed by atoms with van der Waals surface area (Å²) in [5.74, 6) is -4.06. The molecule has 0 radical (unpaired) electrons. The third kappa shape index (κ3) is 6.28. The summed E-state index contributed by atoms with van der Waals surface area (Å²) in [4.78, 5) is 20.2. The molecule has 7 nitrogen and oxygen atoms in total. The number of carboxylic acids is 1. The maximum atomic E-state index is 15.5. The van der Waals surface area contributed by atoms with E-state index < -0.39 is 35.1 Å². The Bertz CT molecular complexity index is 1890. The zero-order valence-corrected chi connectivity index (χ0v) is 23.6. The highest BCUT2D eigenvalue weighted by Gasteiger charge is 2.23. The second-order valence-corrected chi connectivity index (χ2v) is 10.7. The Labute approximate surface area is 249 Å². The molecule has 0 unspecified atom stereocenters. The van der Waals surface area contributed by atoms with Gasteiger partial charge in [0.25, 0.3) is 5.88 Å². The van der Waals surface area contributed by atoms with E-state index in [4.69, 9.17) is 9.47 Å². The molecule has 1 aliphatic carbocycles. The fourth-order valence-electron chi connectivity index (χ4n) is 4.92. The Morgan fingerprint density at radius 3 is 2.45 bits per heavy atom. The van der Waals surface area contributed by atoms with Gasteiger partial charge in [0.15, 0.2) is 5.82 Å². The van der Waals surface area contributed by atoms with E-state index in [1.807, 2.05) is 0 Å². The maximum absolute atomic E-state index is 15.5. The molecule has 1 N–H and O–H groups in total. The molecule has 3 aromatic carbocycles. The topological polar surface area (TPSA) is 86.5 Å². The molecule has 0 atom stereocenters. The van der Waals surface area contributed by atoms with Gasteiger partial charge < -0.3 is 19.1 Å². The van der Waals surface area contributed by atoms with E-state index in [0.29, 0.717) is 35.6 Å². The summed E-state index contributed by atoms with van der Waals surface area (Å²) in [5, 5.41) is 9.46. The van der Waals surface area contributed by atoms with Crippen LogP contribution < -0.4 is 4.74 Å². The number of hydrogen-bond acceptors (Lipinski definition) is 5. The van der Waals surface area contributed by atoms with Crippen LogP contribution in [0, 0.1) is 30.2 Å². The average Bonchev–Trinajstić information content (AvgIpc) is 3.75. The number of carbonyl (C=O) groups is 1. The molecule has 6 rings (SSSR count). The Kier molecular flexibility index (Phi) is 8.05. The Balaban J connectivity index is 1.27. The van der Waals surface area contributed by atoms with Crippen molar-refractivity contribution in [2.45, 2.75) is 45.4 Å². The molecule has 1 fully saturated rings. The number of aromatic nitrogens is 3. The Morgan fingerprint density at radius 2 is 1.70 bits per heavy atom. The minimum atomic E-state index is -1.09. The lowest BCUT2D eigenvalue weighted by Crippen LogP contribution is -2.11. The first kappa shape index (κ1) is 29.3. The summed E-state index contributed by atoms with van der Waals surface area (Å²) in [6, 6.07) is 13.3. The number of hydrogen-bond donors (Lipinski definition) is 1. The first-order chi connectivity index (χ1) is 21.2. The lowest BCUT2D eigenvalue weighted by molar-refractivity contribution is 0.0697. The van der Waals surface area contributed by atoms with Gasteiger partial charge in [0.05, 0.1) is 35.0 Å². The van der Waals surface area contributed by atoms with Crippen molar-refractivity contribution >= 4 is 17.0 Å². The molecule has 226 valence electrons. The number of aryl methyl sites for hydroxylation is 1. The number of carboxylic acid groups (broad SMARTS) is 1. The highest BCUT2D eigenvalue weighted by Crippen LogP contribution is 2.30. The molecule has 0 amide bonds. The summed E-state index contributed by atoms with van der Waals surface area (Å²) in [7, 11) is 0. The molecular formula is C33H27F4N3O4. The van der Waals surface area contributed by atoms with Crippen molar-refractivity contribution in [3.63, 3.8) is 0 Å². The van der Waals surface area contributed by atoms with Gasteiger partial charge in [0, 0.05) is 24.1 Å². The molecule has 1 saturated carbocycles. The van der Waals surface area contributed by atoms with Crippen LogP contribution in [0.1, 0.15) is 45.7 Å². The van der Waals surface area contributed by atoms with Crippen molar-refractivity contribution in [1.82, 2.24) is 14.5 Å². The lowest BCUT2D eigenvalue weighted by atomic mass is 10.0. The quantitative estimate of drug-likeness (QED) is 0.163. The van der Waals surface area contributed by atoms with Gasteiger partial charge in [-0.05, 0) is 79.4 Å². The van der Waals surface area contributed by atoms with Crippen molar-refractivity contribution in [3.8, 4) is 17.1 Å². The molecule has 0 saturated heterocycles. The predicted octanol–water partition coefficient (Wildman–Crippen LogP) is 7.01. The summed E-state index contributed by atoms with van der Waals surface area (Å²) < 4.78 is 72.5. The van der Waals surface area contributed by atoms with Crippen LogP contribution in [0.25, 0.3) is 22.3 Å². The van der Waals surface area contributed by atoms with Gasteiger partial charge in [-0.25, -0.2) is 32.3 Å². The standard InChI is InChI=1S/C33H27F4N3O4/c1-18-2-3-20(25(35)12-18)17-44-32-24(34)7-9-28(39-32)23-16-26(36)21(13-27(23)37)15-31-38-29-8-4-19(33(41)42)14-30(29)40(31)10-11-43-22-5-6-22/h2-4,7-9,12-14,16,22H,5-6,10-11,15,17H2,1H3,(H,41,42). The van der Waals surface area contributed by atoms with Crippen molar-refractivity contribution in [1.29, 1.82) is 0 Å². The first-order valence-electron chi connectivity index (χ1n) is 14.0. The molecule has 0 spiro atoms. The second kappa shape index (κ2) is 12.1. The van der Waals surface area contributed by atoms with Crippen LogP contribution in [0.5, 0.6) is 5.88 Å². The highest BCUT2D eigenvalue weighted by atomic mass is 19.1. The number of halogens is 4. The minimum Gasteiger partial charge on any atom is -0.478 e. The van der Waals surface area contributed by atoms with E-state index in [9.17, 15) is 18.7 Å². The molecule has 5 aromatic rings. The smallest absolute Gasteiger partial charge is 0.335 e. The second-order valence-electron chi connectivity index (χ2n) is 10.7. The van der Waals surface area contributed by atoms with Crippen molar-refractivity contribution < 1.29 is 36.9 Å². The van der Waals surface area contributed by atoms with Crippen molar-refractivity contribution in [2.24, 2.45) is 0 Å². The van der Waals surface area contributed by atoms with Crippen molar-refractivity contribution in [3.05, 3.63) is 112 Å². The van der Waals surface area contributed by atoms with Crippen LogP contribution in [0.2, 0.25) is 0 Å². The number of fused-ring (bicyclic) bond motifs is 1. The third-order valence-electron chi connectivity index (χ3n) is 7.41. The highest BCUT2D eigenvalue weighted by molar-refractivity contribution is 5.92.